The fourth-order valence-electron chi connectivity index (χ4n) is 6.93. The lowest BCUT2D eigenvalue weighted by Gasteiger charge is -2.57. The van der Waals surface area contributed by atoms with Crippen LogP contribution in [0.15, 0.2) is 47.4 Å². The Balaban J connectivity index is 1.65. The molecule has 4 saturated carbocycles. The number of carboxylic acids is 1. The topological polar surface area (TPSA) is 63.6 Å². The highest BCUT2D eigenvalue weighted by Crippen LogP contribution is 2.62. The van der Waals surface area contributed by atoms with Gasteiger partial charge in [0.25, 0.3) is 0 Å². The van der Waals surface area contributed by atoms with Crippen LogP contribution in [-0.2, 0) is 22.0 Å². The standard InChI is InChI=1S/C25H28O4S/c1-29-22-8-7-20(24(26)27)21(15-30(28)19-5-3-2-4-6-19)23(22)25-12-16-9-17(13-25)11-18(10-16)14-25/h2-8,16-18H,9-15H2,1H3,(H,26,27). The van der Waals surface area contributed by atoms with Crippen molar-refractivity contribution in [2.45, 2.75) is 54.6 Å². The van der Waals surface area contributed by atoms with Gasteiger partial charge in [0.1, 0.15) is 5.75 Å². The van der Waals surface area contributed by atoms with Crippen LogP contribution in [0.25, 0.3) is 0 Å². The minimum atomic E-state index is -1.31. The van der Waals surface area contributed by atoms with Crippen LogP contribution in [0.1, 0.15) is 60.0 Å². The summed E-state index contributed by atoms with van der Waals surface area (Å²) in [7, 11) is 0.351. The molecule has 2 aromatic rings. The fraction of sp³-hybridized carbons (Fsp3) is 0.480. The van der Waals surface area contributed by atoms with Crippen molar-refractivity contribution >= 4 is 16.8 Å². The Kier molecular flexibility index (Phi) is 4.97. The van der Waals surface area contributed by atoms with Crippen LogP contribution in [0.3, 0.4) is 0 Å². The summed E-state index contributed by atoms with van der Waals surface area (Å²) in [5.41, 5.74) is 1.98. The Morgan fingerprint density at radius 1 is 1.03 bits per heavy atom. The van der Waals surface area contributed by atoms with Crippen molar-refractivity contribution in [3.63, 3.8) is 0 Å². The Labute approximate surface area is 180 Å². The van der Waals surface area contributed by atoms with Gasteiger partial charge in [0, 0.05) is 15.9 Å². The van der Waals surface area contributed by atoms with Crippen LogP contribution in [0.5, 0.6) is 5.75 Å². The number of hydrogen-bond acceptors (Lipinski definition) is 3. The minimum absolute atomic E-state index is 0.0399. The number of rotatable bonds is 6. The molecule has 4 bridgehead atoms. The number of methoxy groups -OCH3 is 1. The maximum Gasteiger partial charge on any atom is 0.336 e. The largest absolute Gasteiger partial charge is 0.496 e. The molecule has 158 valence electrons. The highest BCUT2D eigenvalue weighted by molar-refractivity contribution is 7.84. The zero-order chi connectivity index (χ0) is 20.9. The summed E-state index contributed by atoms with van der Waals surface area (Å²) in [6.07, 6.45) is 7.23. The second-order valence-electron chi connectivity index (χ2n) is 9.47. The molecule has 4 aliphatic rings. The summed E-state index contributed by atoms with van der Waals surface area (Å²) in [6.45, 7) is 0. The van der Waals surface area contributed by atoms with Gasteiger partial charge in [-0.05, 0) is 86.1 Å². The molecule has 4 fully saturated rings. The highest BCUT2D eigenvalue weighted by atomic mass is 32.2. The molecule has 0 radical (unpaired) electrons. The molecule has 4 aliphatic carbocycles. The van der Waals surface area contributed by atoms with Crippen molar-refractivity contribution < 1.29 is 18.8 Å². The molecule has 5 heteroatoms. The zero-order valence-electron chi connectivity index (χ0n) is 17.3. The number of benzene rings is 2. The molecule has 0 spiro atoms. The van der Waals surface area contributed by atoms with Gasteiger partial charge >= 0.3 is 5.97 Å². The molecule has 1 N–H and O–H groups in total. The highest BCUT2D eigenvalue weighted by Gasteiger charge is 2.53. The third-order valence-corrected chi connectivity index (χ3v) is 8.92. The lowest BCUT2D eigenvalue weighted by Crippen LogP contribution is -2.49. The first-order chi connectivity index (χ1) is 14.5. The molecular formula is C25H28O4S. The average molecular weight is 425 g/mol. The van der Waals surface area contributed by atoms with Crippen LogP contribution >= 0.6 is 0 Å². The van der Waals surface area contributed by atoms with Gasteiger partial charge in [-0.15, -0.1) is 0 Å². The first-order valence-corrected chi connectivity index (χ1v) is 12.2. The number of hydrogen-bond donors (Lipinski definition) is 1. The van der Waals surface area contributed by atoms with Gasteiger partial charge in [0.05, 0.1) is 29.2 Å². The summed E-state index contributed by atoms with van der Waals surface area (Å²) >= 11 is 0. The van der Waals surface area contributed by atoms with E-state index in [9.17, 15) is 14.1 Å². The lowest BCUT2D eigenvalue weighted by atomic mass is 9.47. The molecule has 6 rings (SSSR count). The maximum absolute atomic E-state index is 13.2. The third-order valence-electron chi connectivity index (χ3n) is 7.58. The van der Waals surface area contributed by atoms with Gasteiger partial charge in [0.15, 0.2) is 0 Å². The van der Waals surface area contributed by atoms with Crippen LogP contribution in [0, 0.1) is 17.8 Å². The zero-order valence-corrected chi connectivity index (χ0v) is 18.1. The van der Waals surface area contributed by atoms with E-state index in [0.717, 1.165) is 53.2 Å². The Hall–Kier alpha value is -2.14. The van der Waals surface area contributed by atoms with Crippen LogP contribution < -0.4 is 4.74 Å². The molecule has 0 aromatic heterocycles. The molecule has 1 atom stereocenters. The second kappa shape index (κ2) is 7.52. The van der Waals surface area contributed by atoms with Gasteiger partial charge in [-0.2, -0.15) is 0 Å². The van der Waals surface area contributed by atoms with Gasteiger partial charge in [-0.1, -0.05) is 18.2 Å². The van der Waals surface area contributed by atoms with Crippen LogP contribution in [-0.4, -0.2) is 22.4 Å². The van der Waals surface area contributed by atoms with E-state index in [-0.39, 0.29) is 16.7 Å². The molecule has 0 aliphatic heterocycles. The molecule has 30 heavy (non-hydrogen) atoms. The summed E-state index contributed by atoms with van der Waals surface area (Å²) < 4.78 is 19.1. The monoisotopic (exact) mass is 424 g/mol. The van der Waals surface area contributed by atoms with E-state index < -0.39 is 16.8 Å². The first kappa shape index (κ1) is 19.8. The predicted molar refractivity (Wildman–Crippen MR) is 116 cm³/mol. The van der Waals surface area contributed by atoms with Crippen molar-refractivity contribution in [2.75, 3.05) is 7.11 Å². The number of carboxylic acid groups (broad SMARTS) is 1. The van der Waals surface area contributed by atoms with E-state index in [4.69, 9.17) is 4.74 Å². The normalized spacial score (nSPS) is 30.2. The second-order valence-corrected chi connectivity index (χ2v) is 10.9. The Morgan fingerprint density at radius 3 is 2.17 bits per heavy atom. The van der Waals surface area contributed by atoms with E-state index in [1.165, 1.54) is 19.3 Å². The lowest BCUT2D eigenvalue weighted by molar-refractivity contribution is -0.00650. The smallest absolute Gasteiger partial charge is 0.336 e. The van der Waals surface area contributed by atoms with Crippen molar-refractivity contribution in [1.29, 1.82) is 0 Å². The predicted octanol–water partition coefficient (Wildman–Crippen LogP) is 5.17. The summed E-state index contributed by atoms with van der Waals surface area (Å²) in [5.74, 6) is 2.19. The quantitative estimate of drug-likeness (QED) is 0.695. The molecular weight excluding hydrogens is 396 g/mol. The van der Waals surface area contributed by atoms with E-state index in [0.29, 0.717) is 5.56 Å². The summed E-state index contributed by atoms with van der Waals surface area (Å²) in [5, 5.41) is 9.98. The maximum atomic E-state index is 13.2. The van der Waals surface area contributed by atoms with Gasteiger partial charge in [-0.25, -0.2) is 4.79 Å². The van der Waals surface area contributed by atoms with Crippen molar-refractivity contribution in [3.05, 3.63) is 59.2 Å². The number of aromatic carboxylic acids is 1. The van der Waals surface area contributed by atoms with Gasteiger partial charge < -0.3 is 9.84 Å². The van der Waals surface area contributed by atoms with Crippen LogP contribution in [0.4, 0.5) is 0 Å². The number of ether oxygens (including phenoxy) is 1. The Bertz CT molecular complexity index is 962. The first-order valence-electron chi connectivity index (χ1n) is 10.9. The summed E-state index contributed by atoms with van der Waals surface area (Å²) in [6, 6.07) is 12.8. The fourth-order valence-corrected chi connectivity index (χ4v) is 8.12. The molecule has 0 saturated heterocycles. The molecule has 0 heterocycles. The number of carbonyl (C=O) groups is 1. The van der Waals surface area contributed by atoms with E-state index in [1.807, 2.05) is 36.4 Å². The van der Waals surface area contributed by atoms with Crippen LogP contribution in [0.2, 0.25) is 0 Å². The molecule has 0 amide bonds. The summed E-state index contributed by atoms with van der Waals surface area (Å²) in [4.78, 5) is 12.9. The van der Waals surface area contributed by atoms with Crippen molar-refractivity contribution in [1.82, 2.24) is 0 Å². The SMILES string of the molecule is COc1ccc(C(=O)O)c(CS(=O)c2ccccc2)c1C12CC3CC(CC(C3)C1)C2. The van der Waals surface area contributed by atoms with Crippen molar-refractivity contribution in [2.24, 2.45) is 17.8 Å². The molecule has 1 unspecified atom stereocenters. The van der Waals surface area contributed by atoms with E-state index in [2.05, 4.69) is 0 Å². The molecule has 2 aromatic carbocycles. The van der Waals surface area contributed by atoms with E-state index in [1.54, 1.807) is 13.2 Å². The molecule has 4 nitrogen and oxygen atoms in total. The Morgan fingerprint density at radius 2 is 1.63 bits per heavy atom. The minimum Gasteiger partial charge on any atom is -0.496 e. The van der Waals surface area contributed by atoms with E-state index >= 15 is 0 Å². The van der Waals surface area contributed by atoms with Crippen molar-refractivity contribution in [3.8, 4) is 5.75 Å². The average Bonchev–Trinajstić information content (AvgIpc) is 2.72. The van der Waals surface area contributed by atoms with Gasteiger partial charge in [0.2, 0.25) is 0 Å². The third kappa shape index (κ3) is 3.27. The van der Waals surface area contributed by atoms with Gasteiger partial charge in [-0.3, -0.25) is 4.21 Å².